The first kappa shape index (κ1) is 19.8. The van der Waals surface area contributed by atoms with Crippen LogP contribution in [-0.4, -0.2) is 29.5 Å². The van der Waals surface area contributed by atoms with E-state index in [2.05, 4.69) is 10.3 Å². The summed E-state index contributed by atoms with van der Waals surface area (Å²) in [5, 5.41) is 2.76. The molecule has 0 aliphatic carbocycles. The molecule has 0 saturated carbocycles. The molecule has 2 aromatic rings. The fourth-order valence-electron chi connectivity index (χ4n) is 2.79. The Morgan fingerprint density at radius 3 is 2.65 bits per heavy atom. The number of rotatable bonds is 6. The minimum Gasteiger partial charge on any atom is -0.338 e. The molecule has 4 nitrogen and oxygen atoms in total. The summed E-state index contributed by atoms with van der Waals surface area (Å²) < 4.78 is 38.2. The average molecular weight is 365 g/mol. The third-order valence-corrected chi connectivity index (χ3v) is 4.19. The van der Waals surface area contributed by atoms with Gasteiger partial charge in [-0.25, -0.2) is 4.79 Å². The van der Waals surface area contributed by atoms with Crippen molar-refractivity contribution in [1.82, 2.24) is 15.2 Å². The van der Waals surface area contributed by atoms with Crippen molar-refractivity contribution in [2.75, 3.05) is 13.6 Å². The van der Waals surface area contributed by atoms with Gasteiger partial charge in [0, 0.05) is 26.0 Å². The summed E-state index contributed by atoms with van der Waals surface area (Å²) in [6.07, 6.45) is 0.0832. The summed E-state index contributed by atoms with van der Waals surface area (Å²) in [7, 11) is 1.70. The Labute approximate surface area is 151 Å². The monoisotopic (exact) mass is 365 g/mol. The Morgan fingerprint density at radius 1 is 1.27 bits per heavy atom. The van der Waals surface area contributed by atoms with Crippen molar-refractivity contribution in [2.45, 2.75) is 32.0 Å². The van der Waals surface area contributed by atoms with Gasteiger partial charge in [0.15, 0.2) is 0 Å². The van der Waals surface area contributed by atoms with Crippen molar-refractivity contribution in [3.63, 3.8) is 0 Å². The van der Waals surface area contributed by atoms with Crippen LogP contribution in [0, 0.1) is 0 Å². The van der Waals surface area contributed by atoms with E-state index in [1.165, 1.54) is 6.07 Å². The molecule has 1 atom stereocenters. The van der Waals surface area contributed by atoms with E-state index in [1.807, 2.05) is 19.1 Å². The quantitative estimate of drug-likeness (QED) is 0.823. The normalized spacial score (nSPS) is 12.5. The van der Waals surface area contributed by atoms with Gasteiger partial charge in [-0.2, -0.15) is 13.2 Å². The smallest absolute Gasteiger partial charge is 0.338 e. The second-order valence-electron chi connectivity index (χ2n) is 6.00. The minimum absolute atomic E-state index is 0.114. The molecule has 1 heterocycles. The first-order valence-electron chi connectivity index (χ1n) is 8.39. The van der Waals surface area contributed by atoms with Crippen LogP contribution in [0.15, 0.2) is 48.8 Å². The van der Waals surface area contributed by atoms with Crippen molar-refractivity contribution in [3.05, 3.63) is 65.5 Å². The molecular formula is C19H22F3N3O. The molecule has 26 heavy (non-hydrogen) atoms. The van der Waals surface area contributed by atoms with E-state index < -0.39 is 11.7 Å². The van der Waals surface area contributed by atoms with Gasteiger partial charge >= 0.3 is 12.2 Å². The molecule has 140 valence electrons. The van der Waals surface area contributed by atoms with Crippen LogP contribution in [0.5, 0.6) is 0 Å². The minimum atomic E-state index is -4.36. The number of benzene rings is 1. The van der Waals surface area contributed by atoms with Crippen molar-refractivity contribution in [3.8, 4) is 0 Å². The van der Waals surface area contributed by atoms with Gasteiger partial charge < -0.3 is 10.2 Å². The Morgan fingerprint density at radius 2 is 2.04 bits per heavy atom. The van der Waals surface area contributed by atoms with Crippen LogP contribution in [0.4, 0.5) is 18.0 Å². The standard InChI is InChI=1S/C19H22F3N3O/c1-3-17(15-7-5-10-23-13-15)25(2)18(26)24-11-9-14-6-4-8-16(12-14)19(20,21)22/h4-8,10,12-13,17H,3,9,11H2,1-2H3,(H,24,26)/t17-/m0/s1. The third kappa shape index (κ3) is 5.21. The lowest BCUT2D eigenvalue weighted by atomic mass is 10.1. The molecule has 1 aromatic heterocycles. The molecule has 2 amide bonds. The molecule has 0 aliphatic heterocycles. The number of hydrogen-bond donors (Lipinski definition) is 1. The maximum Gasteiger partial charge on any atom is 0.416 e. The first-order chi connectivity index (χ1) is 12.3. The maximum atomic E-state index is 12.7. The van der Waals surface area contributed by atoms with E-state index in [-0.39, 0.29) is 18.6 Å². The fourth-order valence-corrected chi connectivity index (χ4v) is 2.79. The van der Waals surface area contributed by atoms with Gasteiger partial charge in [0.1, 0.15) is 0 Å². The highest BCUT2D eigenvalue weighted by molar-refractivity contribution is 5.74. The van der Waals surface area contributed by atoms with Gasteiger partial charge in [-0.15, -0.1) is 0 Å². The molecule has 1 N–H and O–H groups in total. The number of alkyl halides is 3. The Kier molecular flexibility index (Phi) is 6.60. The fraction of sp³-hybridized carbons (Fsp3) is 0.368. The van der Waals surface area contributed by atoms with E-state index in [4.69, 9.17) is 0 Å². The summed E-state index contributed by atoms with van der Waals surface area (Å²) in [5.41, 5.74) is 0.786. The number of amides is 2. The number of aromatic nitrogens is 1. The van der Waals surface area contributed by atoms with Gasteiger partial charge in [-0.1, -0.05) is 31.2 Å². The van der Waals surface area contributed by atoms with Crippen LogP contribution >= 0.6 is 0 Å². The number of nitrogens with zero attached hydrogens (tertiary/aromatic N) is 2. The highest BCUT2D eigenvalue weighted by Gasteiger charge is 2.30. The maximum absolute atomic E-state index is 12.7. The molecular weight excluding hydrogens is 343 g/mol. The number of halogens is 3. The summed E-state index contributed by atoms with van der Waals surface area (Å²) in [4.78, 5) is 18.0. The zero-order valence-corrected chi connectivity index (χ0v) is 14.8. The molecule has 0 radical (unpaired) electrons. The average Bonchev–Trinajstić information content (AvgIpc) is 2.62. The second kappa shape index (κ2) is 8.69. The molecule has 1 aromatic carbocycles. The van der Waals surface area contributed by atoms with E-state index in [9.17, 15) is 18.0 Å². The summed E-state index contributed by atoms with van der Waals surface area (Å²) in [6, 6.07) is 8.49. The van der Waals surface area contributed by atoms with E-state index in [0.717, 1.165) is 24.1 Å². The molecule has 0 aliphatic rings. The lowest BCUT2D eigenvalue weighted by Gasteiger charge is -2.27. The zero-order valence-electron chi connectivity index (χ0n) is 14.8. The highest BCUT2D eigenvalue weighted by atomic mass is 19.4. The van der Waals surface area contributed by atoms with Crippen LogP contribution in [0.25, 0.3) is 0 Å². The molecule has 7 heteroatoms. The number of urea groups is 1. The van der Waals surface area contributed by atoms with E-state index in [1.54, 1.807) is 30.4 Å². The lowest BCUT2D eigenvalue weighted by molar-refractivity contribution is -0.137. The number of nitrogens with one attached hydrogen (secondary N) is 1. The molecule has 0 fully saturated rings. The predicted molar refractivity (Wildman–Crippen MR) is 93.6 cm³/mol. The van der Waals surface area contributed by atoms with E-state index >= 15 is 0 Å². The number of hydrogen-bond acceptors (Lipinski definition) is 2. The third-order valence-electron chi connectivity index (χ3n) is 4.19. The van der Waals surface area contributed by atoms with Gasteiger partial charge in [0.05, 0.1) is 11.6 Å². The molecule has 0 spiro atoms. The van der Waals surface area contributed by atoms with Crippen molar-refractivity contribution in [2.24, 2.45) is 0 Å². The topological polar surface area (TPSA) is 45.2 Å². The van der Waals surface area contributed by atoms with Gasteiger partial charge in [0.25, 0.3) is 0 Å². The van der Waals surface area contributed by atoms with Crippen LogP contribution in [-0.2, 0) is 12.6 Å². The largest absolute Gasteiger partial charge is 0.416 e. The second-order valence-corrected chi connectivity index (χ2v) is 6.00. The predicted octanol–water partition coefficient (Wildman–Crippen LogP) is 4.44. The number of carbonyl (C=O) groups excluding carboxylic acids is 1. The molecule has 0 unspecified atom stereocenters. The van der Waals surface area contributed by atoms with Gasteiger partial charge in [-0.05, 0) is 36.1 Å². The van der Waals surface area contributed by atoms with Crippen molar-refractivity contribution < 1.29 is 18.0 Å². The lowest BCUT2D eigenvalue weighted by Crippen LogP contribution is -2.40. The summed E-state index contributed by atoms with van der Waals surface area (Å²) >= 11 is 0. The van der Waals surface area contributed by atoms with Gasteiger partial charge in [-0.3, -0.25) is 4.98 Å². The SMILES string of the molecule is CC[C@@H](c1cccnc1)N(C)C(=O)NCCc1cccc(C(F)(F)F)c1. The highest BCUT2D eigenvalue weighted by Crippen LogP contribution is 2.29. The summed E-state index contributed by atoms with van der Waals surface area (Å²) in [5.74, 6) is 0. The van der Waals surface area contributed by atoms with Crippen LogP contribution < -0.4 is 5.32 Å². The first-order valence-corrected chi connectivity index (χ1v) is 8.39. The Hall–Kier alpha value is -2.57. The number of pyridine rings is 1. The summed E-state index contributed by atoms with van der Waals surface area (Å²) in [6.45, 7) is 2.23. The zero-order chi connectivity index (χ0) is 19.2. The van der Waals surface area contributed by atoms with Crippen LogP contribution in [0.3, 0.4) is 0 Å². The van der Waals surface area contributed by atoms with Crippen molar-refractivity contribution in [1.29, 1.82) is 0 Å². The molecule has 0 bridgehead atoms. The van der Waals surface area contributed by atoms with Crippen LogP contribution in [0.1, 0.15) is 36.1 Å². The van der Waals surface area contributed by atoms with Gasteiger partial charge in [0.2, 0.25) is 0 Å². The Bertz CT molecular complexity index is 719. The molecule has 0 saturated heterocycles. The van der Waals surface area contributed by atoms with Crippen molar-refractivity contribution >= 4 is 6.03 Å². The number of carbonyl (C=O) groups is 1. The van der Waals surface area contributed by atoms with E-state index in [0.29, 0.717) is 12.0 Å². The molecule has 2 rings (SSSR count). The Balaban J connectivity index is 1.92. The van der Waals surface area contributed by atoms with Crippen LogP contribution in [0.2, 0.25) is 0 Å².